The molecule has 7 nitrogen and oxygen atoms in total. The Bertz CT molecular complexity index is 1240. The van der Waals surface area contributed by atoms with E-state index in [1.807, 2.05) is 36.4 Å². The molecule has 174 valence electrons. The first-order valence-electron chi connectivity index (χ1n) is 10.8. The monoisotopic (exact) mass is 476 g/mol. The minimum Gasteiger partial charge on any atom is -0.486 e. The number of carbonyl (C=O) groups excluding carboxylic acids is 2. The third-order valence-electron chi connectivity index (χ3n) is 5.46. The number of nitrogen functional groups attached to an aromatic ring is 1. The maximum atomic E-state index is 12.2. The molecule has 1 aliphatic heterocycles. The van der Waals surface area contributed by atoms with Crippen molar-refractivity contribution in [1.29, 1.82) is 0 Å². The average molecular weight is 477 g/mol. The molecule has 0 radical (unpaired) electrons. The number of pyridine rings is 1. The third kappa shape index (κ3) is 5.38. The van der Waals surface area contributed by atoms with Crippen LogP contribution < -0.4 is 15.8 Å². The van der Waals surface area contributed by atoms with Gasteiger partial charge in [0.25, 0.3) is 5.91 Å². The maximum Gasteiger partial charge on any atom is 0.253 e. The van der Waals surface area contributed by atoms with Crippen LogP contribution in [0.15, 0.2) is 60.8 Å². The van der Waals surface area contributed by atoms with Gasteiger partial charge in [-0.1, -0.05) is 23.7 Å². The van der Waals surface area contributed by atoms with E-state index in [0.29, 0.717) is 35.1 Å². The van der Waals surface area contributed by atoms with E-state index in [0.717, 1.165) is 22.3 Å². The Morgan fingerprint density at radius 1 is 1.18 bits per heavy atom. The number of aromatic nitrogens is 1. The van der Waals surface area contributed by atoms with E-state index in [9.17, 15) is 9.59 Å². The SMILES string of the molecule is CN(C)C(=O)c1ccc(-c2cc(Cl)c3c(c2)CC(CNC(=O)/C=C/c2ccc(N)nc2)O3)cc1. The molecule has 1 atom stereocenters. The Balaban J connectivity index is 1.38. The number of amides is 2. The molecule has 2 amide bonds. The van der Waals surface area contributed by atoms with Crippen molar-refractivity contribution in [2.75, 3.05) is 26.4 Å². The number of nitrogens with two attached hydrogens (primary N) is 1. The molecule has 4 rings (SSSR count). The van der Waals surface area contributed by atoms with Crippen LogP contribution in [0.2, 0.25) is 5.02 Å². The predicted octanol–water partition coefficient (Wildman–Crippen LogP) is 3.82. The number of carbonyl (C=O) groups is 2. The Hall–Kier alpha value is -3.84. The Kier molecular flexibility index (Phi) is 6.84. The van der Waals surface area contributed by atoms with E-state index in [1.54, 1.807) is 43.4 Å². The molecule has 1 aromatic heterocycles. The van der Waals surface area contributed by atoms with Crippen molar-refractivity contribution < 1.29 is 14.3 Å². The van der Waals surface area contributed by atoms with Crippen LogP contribution in [0.4, 0.5) is 5.82 Å². The summed E-state index contributed by atoms with van der Waals surface area (Å²) in [5.41, 5.74) is 9.86. The van der Waals surface area contributed by atoms with Crippen molar-refractivity contribution in [3.63, 3.8) is 0 Å². The molecule has 0 saturated carbocycles. The summed E-state index contributed by atoms with van der Waals surface area (Å²) in [6.45, 7) is 0.352. The van der Waals surface area contributed by atoms with E-state index in [-0.39, 0.29) is 17.9 Å². The van der Waals surface area contributed by atoms with Crippen molar-refractivity contribution in [2.45, 2.75) is 12.5 Å². The minimum absolute atomic E-state index is 0.0446. The van der Waals surface area contributed by atoms with Gasteiger partial charge in [0.05, 0.1) is 11.6 Å². The Labute approximate surface area is 203 Å². The van der Waals surface area contributed by atoms with Crippen LogP contribution in [-0.2, 0) is 11.2 Å². The fourth-order valence-corrected chi connectivity index (χ4v) is 3.98. The zero-order chi connectivity index (χ0) is 24.2. The molecule has 2 aromatic carbocycles. The molecule has 0 aliphatic carbocycles. The van der Waals surface area contributed by atoms with Crippen molar-refractivity contribution in [2.24, 2.45) is 0 Å². The molecule has 34 heavy (non-hydrogen) atoms. The number of ether oxygens (including phenoxy) is 1. The summed E-state index contributed by atoms with van der Waals surface area (Å²) in [7, 11) is 3.45. The van der Waals surface area contributed by atoms with Gasteiger partial charge in [-0.25, -0.2) is 4.98 Å². The molecule has 0 saturated heterocycles. The lowest BCUT2D eigenvalue weighted by molar-refractivity contribution is -0.116. The first kappa shape index (κ1) is 23.3. The smallest absolute Gasteiger partial charge is 0.253 e. The van der Waals surface area contributed by atoms with Gasteiger partial charge in [-0.05, 0) is 59.2 Å². The number of benzene rings is 2. The van der Waals surface area contributed by atoms with Gasteiger partial charge >= 0.3 is 0 Å². The number of fused-ring (bicyclic) bond motifs is 1. The van der Waals surface area contributed by atoms with E-state index in [2.05, 4.69) is 10.3 Å². The average Bonchev–Trinajstić information content (AvgIpc) is 3.25. The highest BCUT2D eigenvalue weighted by atomic mass is 35.5. The van der Waals surface area contributed by atoms with Gasteiger partial charge < -0.3 is 20.7 Å². The van der Waals surface area contributed by atoms with Gasteiger partial charge in [0.1, 0.15) is 17.7 Å². The lowest BCUT2D eigenvalue weighted by atomic mass is 9.99. The van der Waals surface area contributed by atoms with Gasteiger partial charge in [0.15, 0.2) is 0 Å². The summed E-state index contributed by atoms with van der Waals surface area (Å²) in [6, 6.07) is 14.8. The Morgan fingerprint density at radius 3 is 2.62 bits per heavy atom. The van der Waals surface area contributed by atoms with Gasteiger partial charge in [-0.3, -0.25) is 9.59 Å². The van der Waals surface area contributed by atoms with Gasteiger partial charge in [-0.2, -0.15) is 0 Å². The molecule has 2 heterocycles. The van der Waals surface area contributed by atoms with E-state index in [1.165, 1.54) is 6.08 Å². The van der Waals surface area contributed by atoms with Crippen LogP contribution in [0.25, 0.3) is 17.2 Å². The molecule has 1 aliphatic rings. The molecule has 1 unspecified atom stereocenters. The summed E-state index contributed by atoms with van der Waals surface area (Å²) >= 11 is 6.51. The topological polar surface area (TPSA) is 97.6 Å². The van der Waals surface area contributed by atoms with Gasteiger partial charge in [0.2, 0.25) is 5.91 Å². The van der Waals surface area contributed by atoms with E-state index >= 15 is 0 Å². The molecule has 8 heteroatoms. The molecular weight excluding hydrogens is 452 g/mol. The van der Waals surface area contributed by atoms with Crippen LogP contribution >= 0.6 is 11.6 Å². The second-order valence-corrected chi connectivity index (χ2v) is 8.67. The summed E-state index contributed by atoms with van der Waals surface area (Å²) in [6.07, 6.45) is 5.14. The second kappa shape index (κ2) is 9.97. The quantitative estimate of drug-likeness (QED) is 0.527. The number of nitrogens with one attached hydrogen (secondary N) is 1. The van der Waals surface area contributed by atoms with E-state index in [4.69, 9.17) is 22.1 Å². The fourth-order valence-electron chi connectivity index (χ4n) is 3.69. The highest BCUT2D eigenvalue weighted by Gasteiger charge is 2.26. The van der Waals surface area contributed by atoms with Crippen molar-refractivity contribution in [1.82, 2.24) is 15.2 Å². The zero-order valence-corrected chi connectivity index (χ0v) is 19.7. The largest absolute Gasteiger partial charge is 0.486 e. The summed E-state index contributed by atoms with van der Waals surface area (Å²) in [5.74, 6) is 0.803. The predicted molar refractivity (Wildman–Crippen MR) is 134 cm³/mol. The molecular formula is C26H25ClN4O3. The number of rotatable bonds is 6. The molecule has 3 N–H and O–H groups in total. The highest BCUT2D eigenvalue weighted by Crippen LogP contribution is 2.39. The lowest BCUT2D eigenvalue weighted by Gasteiger charge is -2.12. The zero-order valence-electron chi connectivity index (χ0n) is 18.9. The maximum absolute atomic E-state index is 12.2. The number of hydrogen-bond acceptors (Lipinski definition) is 5. The normalized spacial score (nSPS) is 14.5. The number of halogens is 1. The number of nitrogens with zero attached hydrogens (tertiary/aromatic N) is 2. The number of anilines is 1. The molecule has 3 aromatic rings. The van der Waals surface area contributed by atoms with Gasteiger partial charge in [-0.15, -0.1) is 0 Å². The molecule has 0 fully saturated rings. The van der Waals surface area contributed by atoms with E-state index < -0.39 is 0 Å². The molecule has 0 spiro atoms. The second-order valence-electron chi connectivity index (χ2n) is 8.26. The van der Waals surface area contributed by atoms with Crippen LogP contribution in [-0.4, -0.2) is 48.4 Å². The lowest BCUT2D eigenvalue weighted by Crippen LogP contribution is -2.33. The van der Waals surface area contributed by atoms with Crippen LogP contribution in [0.3, 0.4) is 0 Å². The van der Waals surface area contributed by atoms with Crippen molar-refractivity contribution in [3.8, 4) is 16.9 Å². The fraction of sp³-hybridized carbons (Fsp3) is 0.192. The minimum atomic E-state index is -0.226. The van der Waals surface area contributed by atoms with Crippen LogP contribution in [0, 0.1) is 0 Å². The highest BCUT2D eigenvalue weighted by molar-refractivity contribution is 6.32. The van der Waals surface area contributed by atoms with Crippen LogP contribution in [0.1, 0.15) is 21.5 Å². The summed E-state index contributed by atoms with van der Waals surface area (Å²) in [5, 5.41) is 3.38. The van der Waals surface area contributed by atoms with Crippen molar-refractivity contribution >= 4 is 35.3 Å². The first-order valence-corrected chi connectivity index (χ1v) is 11.2. The number of hydrogen-bond donors (Lipinski definition) is 2. The van der Waals surface area contributed by atoms with Crippen LogP contribution in [0.5, 0.6) is 5.75 Å². The standard InChI is InChI=1S/C26H25ClN4O3/c1-31(2)26(33)18-7-5-17(6-8-18)19-11-20-12-21(34-25(20)22(27)13-19)15-30-24(32)10-4-16-3-9-23(28)29-14-16/h3-11,13-14,21H,12,15H2,1-2H3,(H2,28,29)(H,30,32)/b10-4+. The first-order chi connectivity index (χ1) is 16.3. The Morgan fingerprint density at radius 2 is 1.94 bits per heavy atom. The van der Waals surface area contributed by atoms with Gasteiger partial charge in [0, 0.05) is 43.9 Å². The summed E-state index contributed by atoms with van der Waals surface area (Å²) in [4.78, 5) is 29.8. The summed E-state index contributed by atoms with van der Waals surface area (Å²) < 4.78 is 5.99. The molecule has 0 bridgehead atoms. The van der Waals surface area contributed by atoms with Crippen molar-refractivity contribution in [3.05, 3.63) is 82.5 Å². The third-order valence-corrected chi connectivity index (χ3v) is 5.75.